The molecule has 0 saturated heterocycles. The van der Waals surface area contributed by atoms with Crippen molar-refractivity contribution in [3.05, 3.63) is 30.1 Å². The molecule has 5 atom stereocenters. The van der Waals surface area contributed by atoms with E-state index in [9.17, 15) is 18.0 Å². The van der Waals surface area contributed by atoms with Crippen LogP contribution < -0.4 is 5.32 Å². The summed E-state index contributed by atoms with van der Waals surface area (Å²) < 4.78 is 41.8. The van der Waals surface area contributed by atoms with E-state index in [1.165, 1.54) is 6.07 Å². The Labute approximate surface area is 155 Å². The number of carbonyl (C=O) groups excluding carboxylic acids is 1. The molecule has 3 aliphatic carbocycles. The number of halogens is 3. The summed E-state index contributed by atoms with van der Waals surface area (Å²) in [6, 6.07) is 2.55. The summed E-state index contributed by atoms with van der Waals surface area (Å²) in [7, 11) is 0. The number of imidazole rings is 1. The summed E-state index contributed by atoms with van der Waals surface area (Å²) in [5.41, 5.74) is 1.08. The van der Waals surface area contributed by atoms with E-state index in [0.717, 1.165) is 18.9 Å². The highest BCUT2D eigenvalue weighted by molar-refractivity contribution is 5.79. The first-order chi connectivity index (χ1) is 12.9. The number of alkyl halides is 1. The largest absolute Gasteiger partial charge is 0.353 e. The van der Waals surface area contributed by atoms with Gasteiger partial charge in [-0.1, -0.05) is 6.92 Å². The molecule has 2 aromatic rings. The van der Waals surface area contributed by atoms with E-state index in [-0.39, 0.29) is 23.9 Å². The molecule has 0 bridgehead atoms. The van der Waals surface area contributed by atoms with Crippen molar-refractivity contribution in [2.24, 2.45) is 23.7 Å². The first kappa shape index (κ1) is 17.1. The highest BCUT2D eigenvalue weighted by Gasteiger charge is 2.59. The number of hydrogen-bond acceptors (Lipinski definition) is 2. The number of aromatic nitrogens is 2. The van der Waals surface area contributed by atoms with Crippen LogP contribution in [-0.4, -0.2) is 27.7 Å². The van der Waals surface area contributed by atoms with Crippen molar-refractivity contribution in [2.75, 3.05) is 0 Å². The van der Waals surface area contributed by atoms with Crippen LogP contribution in [-0.2, 0) is 4.79 Å². The molecule has 1 amide bonds. The normalized spacial score (nSPS) is 35.6. The van der Waals surface area contributed by atoms with Crippen LogP contribution >= 0.6 is 0 Å². The number of benzene rings is 1. The Balaban J connectivity index is 1.23. The average Bonchev–Trinajstić information content (AvgIpc) is 2.93. The molecule has 5 rings (SSSR count). The zero-order chi connectivity index (χ0) is 18.9. The monoisotopic (exact) mass is 377 g/mol. The first-order valence-electron chi connectivity index (χ1n) is 9.68. The third-order valence-corrected chi connectivity index (χ3v) is 6.91. The van der Waals surface area contributed by atoms with Crippen LogP contribution in [0.4, 0.5) is 13.2 Å². The Kier molecular flexibility index (Phi) is 3.78. The molecule has 27 heavy (non-hydrogen) atoms. The van der Waals surface area contributed by atoms with E-state index in [2.05, 4.69) is 10.3 Å². The SMILES string of the molecule is CC(C(=O)NC1CC(F)C1)[C@H]1[C@@H]2C[C@@H](n3cnc4cc(F)c(F)cc43)C[C@@H]21. The van der Waals surface area contributed by atoms with Crippen molar-refractivity contribution in [3.8, 4) is 0 Å². The molecule has 0 aliphatic heterocycles. The lowest BCUT2D eigenvalue weighted by atomic mass is 9.89. The van der Waals surface area contributed by atoms with Crippen LogP contribution in [0.1, 0.15) is 38.6 Å². The minimum absolute atomic E-state index is 0.00565. The lowest BCUT2D eigenvalue weighted by Crippen LogP contribution is -2.47. The van der Waals surface area contributed by atoms with E-state index in [1.54, 1.807) is 6.33 Å². The lowest BCUT2D eigenvalue weighted by Gasteiger charge is -2.31. The highest BCUT2D eigenvalue weighted by atomic mass is 19.2. The molecule has 3 saturated carbocycles. The Morgan fingerprint density at radius 3 is 2.52 bits per heavy atom. The molecule has 1 unspecified atom stereocenters. The van der Waals surface area contributed by atoms with Crippen molar-refractivity contribution in [3.63, 3.8) is 0 Å². The quantitative estimate of drug-likeness (QED) is 0.882. The van der Waals surface area contributed by atoms with Crippen LogP contribution in [0.15, 0.2) is 18.5 Å². The van der Waals surface area contributed by atoms with E-state index >= 15 is 0 Å². The minimum Gasteiger partial charge on any atom is -0.353 e. The number of nitrogens with one attached hydrogen (secondary N) is 1. The number of rotatable bonds is 4. The average molecular weight is 377 g/mol. The molecule has 7 heteroatoms. The Bertz CT molecular complexity index is 895. The summed E-state index contributed by atoms with van der Waals surface area (Å²) in [5, 5.41) is 2.96. The summed E-state index contributed by atoms with van der Waals surface area (Å²) >= 11 is 0. The highest BCUT2D eigenvalue weighted by Crippen LogP contribution is 2.63. The van der Waals surface area contributed by atoms with Crippen LogP contribution in [0.5, 0.6) is 0 Å². The molecule has 144 valence electrons. The van der Waals surface area contributed by atoms with Crippen molar-refractivity contribution >= 4 is 16.9 Å². The second-order valence-electron chi connectivity index (χ2n) is 8.50. The predicted octanol–water partition coefficient (Wildman–Crippen LogP) is 3.76. The van der Waals surface area contributed by atoms with Gasteiger partial charge in [-0.05, 0) is 43.4 Å². The second-order valence-corrected chi connectivity index (χ2v) is 8.50. The van der Waals surface area contributed by atoms with Gasteiger partial charge in [0.1, 0.15) is 6.17 Å². The van der Waals surface area contributed by atoms with Gasteiger partial charge < -0.3 is 9.88 Å². The maximum Gasteiger partial charge on any atom is 0.223 e. The van der Waals surface area contributed by atoms with Crippen LogP contribution in [0.2, 0.25) is 0 Å². The Morgan fingerprint density at radius 2 is 1.85 bits per heavy atom. The summed E-state index contributed by atoms with van der Waals surface area (Å²) in [4.78, 5) is 16.6. The number of amides is 1. The molecule has 1 heterocycles. The lowest BCUT2D eigenvalue weighted by molar-refractivity contribution is -0.127. The van der Waals surface area contributed by atoms with Gasteiger partial charge in [-0.25, -0.2) is 18.2 Å². The van der Waals surface area contributed by atoms with Gasteiger partial charge in [0.2, 0.25) is 5.91 Å². The summed E-state index contributed by atoms with van der Waals surface area (Å²) in [6.07, 6.45) is 3.61. The van der Waals surface area contributed by atoms with E-state index < -0.39 is 17.8 Å². The molecular formula is C20H22F3N3O. The maximum atomic E-state index is 13.6. The number of nitrogens with zero attached hydrogens (tertiary/aromatic N) is 2. The topological polar surface area (TPSA) is 46.9 Å². The molecule has 1 aromatic heterocycles. The Morgan fingerprint density at radius 1 is 1.19 bits per heavy atom. The van der Waals surface area contributed by atoms with Crippen LogP contribution in [0.3, 0.4) is 0 Å². The van der Waals surface area contributed by atoms with Gasteiger partial charge in [0.25, 0.3) is 0 Å². The molecule has 0 radical (unpaired) electrons. The fourth-order valence-electron chi connectivity index (χ4n) is 5.32. The smallest absolute Gasteiger partial charge is 0.223 e. The molecule has 1 N–H and O–H groups in total. The first-order valence-corrected chi connectivity index (χ1v) is 9.68. The molecule has 1 aromatic carbocycles. The van der Waals surface area contributed by atoms with Gasteiger partial charge in [0.15, 0.2) is 11.6 Å². The number of carbonyl (C=O) groups is 1. The van der Waals surface area contributed by atoms with Gasteiger partial charge in [-0.2, -0.15) is 0 Å². The van der Waals surface area contributed by atoms with E-state index in [0.29, 0.717) is 41.6 Å². The van der Waals surface area contributed by atoms with Crippen LogP contribution in [0, 0.1) is 35.3 Å². The molecular weight excluding hydrogens is 355 g/mol. The fourth-order valence-corrected chi connectivity index (χ4v) is 5.32. The fraction of sp³-hybridized carbons (Fsp3) is 0.600. The molecule has 3 aliphatic rings. The third kappa shape index (κ3) is 2.74. The summed E-state index contributed by atoms with van der Waals surface area (Å²) in [6.45, 7) is 1.96. The van der Waals surface area contributed by atoms with Crippen molar-refractivity contribution in [1.29, 1.82) is 0 Å². The van der Waals surface area contributed by atoms with E-state index in [1.807, 2.05) is 11.5 Å². The molecule has 4 nitrogen and oxygen atoms in total. The van der Waals surface area contributed by atoms with Crippen molar-refractivity contribution < 1.29 is 18.0 Å². The zero-order valence-corrected chi connectivity index (χ0v) is 15.0. The minimum atomic E-state index is -0.882. The van der Waals surface area contributed by atoms with Crippen molar-refractivity contribution in [2.45, 2.75) is 50.9 Å². The van der Waals surface area contributed by atoms with Gasteiger partial charge in [-0.15, -0.1) is 0 Å². The van der Waals surface area contributed by atoms with Gasteiger partial charge in [-0.3, -0.25) is 4.79 Å². The van der Waals surface area contributed by atoms with Gasteiger partial charge in [0.05, 0.1) is 17.4 Å². The third-order valence-electron chi connectivity index (χ3n) is 6.91. The predicted molar refractivity (Wildman–Crippen MR) is 93.6 cm³/mol. The number of hydrogen-bond donors (Lipinski definition) is 1. The van der Waals surface area contributed by atoms with Crippen molar-refractivity contribution in [1.82, 2.24) is 14.9 Å². The van der Waals surface area contributed by atoms with Gasteiger partial charge >= 0.3 is 0 Å². The van der Waals surface area contributed by atoms with E-state index in [4.69, 9.17) is 0 Å². The molecule has 3 fully saturated rings. The van der Waals surface area contributed by atoms with Crippen LogP contribution in [0.25, 0.3) is 11.0 Å². The summed E-state index contributed by atoms with van der Waals surface area (Å²) in [5.74, 6) is -0.442. The molecule has 0 spiro atoms. The maximum absolute atomic E-state index is 13.6. The standard InChI is InChI=1S/C20H22F3N3O/c1-9(20(27)25-11-2-10(21)3-11)19-13-4-12(5-14(13)19)26-8-24-17-6-15(22)16(23)7-18(17)26/h6-14,19H,2-5H2,1H3,(H,25,27)/t9?,10?,11?,12-,13-,14+,19+. The second kappa shape index (κ2) is 5.97. The van der Waals surface area contributed by atoms with Gasteiger partial charge in [0, 0.05) is 30.1 Å². The number of fused-ring (bicyclic) bond motifs is 2. The zero-order valence-electron chi connectivity index (χ0n) is 15.0. The Hall–Kier alpha value is -2.05.